The second kappa shape index (κ2) is 7.53. The third-order valence-electron chi connectivity index (χ3n) is 4.03. The van der Waals surface area contributed by atoms with E-state index in [2.05, 4.69) is 30.6 Å². The van der Waals surface area contributed by atoms with Crippen LogP contribution in [0, 0.1) is 11.3 Å². The summed E-state index contributed by atoms with van der Waals surface area (Å²) in [7, 11) is 1.77. The lowest BCUT2D eigenvalue weighted by atomic mass is 10.2. The minimum absolute atomic E-state index is 0.0390. The Morgan fingerprint density at radius 1 is 1.12 bits per heavy atom. The summed E-state index contributed by atoms with van der Waals surface area (Å²) in [5.41, 5.74) is 0.951. The van der Waals surface area contributed by atoms with E-state index in [-0.39, 0.29) is 12.3 Å². The fourth-order valence-electron chi connectivity index (χ4n) is 2.59. The SMILES string of the molecule is CNc1ccc(CC(=O)N2CCN(c3ccc(C#N)nn3)CC2)nn1. The van der Waals surface area contributed by atoms with Crippen LogP contribution in [0.2, 0.25) is 0 Å². The lowest BCUT2D eigenvalue weighted by molar-refractivity contribution is -0.130. The number of nitriles is 1. The number of nitrogens with zero attached hydrogens (tertiary/aromatic N) is 7. The molecule has 2 aromatic rings. The number of nitrogens with one attached hydrogen (secondary N) is 1. The summed E-state index contributed by atoms with van der Waals surface area (Å²) in [5.74, 6) is 1.44. The number of amides is 1. The number of aromatic nitrogens is 4. The molecule has 3 heterocycles. The van der Waals surface area contributed by atoms with Crippen molar-refractivity contribution in [1.82, 2.24) is 25.3 Å². The highest BCUT2D eigenvalue weighted by molar-refractivity contribution is 5.78. The van der Waals surface area contributed by atoms with Gasteiger partial charge in [0.2, 0.25) is 5.91 Å². The second-order valence-electron chi connectivity index (χ2n) is 5.59. The molecule has 0 aromatic carbocycles. The number of hydrogen-bond acceptors (Lipinski definition) is 8. The van der Waals surface area contributed by atoms with Crippen molar-refractivity contribution in [3.05, 3.63) is 35.7 Å². The minimum atomic E-state index is 0.0390. The predicted octanol–water partition coefficient (Wildman–Crippen LogP) is 0.0713. The smallest absolute Gasteiger partial charge is 0.228 e. The van der Waals surface area contributed by atoms with Gasteiger partial charge in [0.05, 0.1) is 12.1 Å². The molecule has 0 radical (unpaired) electrons. The summed E-state index contributed by atoms with van der Waals surface area (Å²) < 4.78 is 0. The van der Waals surface area contributed by atoms with Gasteiger partial charge in [-0.3, -0.25) is 4.79 Å². The van der Waals surface area contributed by atoms with Crippen molar-refractivity contribution in [2.24, 2.45) is 0 Å². The van der Waals surface area contributed by atoms with Crippen LogP contribution in [-0.2, 0) is 11.2 Å². The molecule has 0 unspecified atom stereocenters. The van der Waals surface area contributed by atoms with Gasteiger partial charge in [0.25, 0.3) is 0 Å². The van der Waals surface area contributed by atoms with Crippen molar-refractivity contribution in [1.29, 1.82) is 5.26 Å². The number of rotatable bonds is 4. The standard InChI is InChI=1S/C16H18N8O/c1-18-14-4-2-12(19-21-14)10-16(25)24-8-6-23(7-9-24)15-5-3-13(11-17)20-22-15/h2-5H,6-10H2,1H3,(H,18,21). The van der Waals surface area contributed by atoms with Crippen LogP contribution >= 0.6 is 0 Å². The van der Waals surface area contributed by atoms with Gasteiger partial charge in [-0.1, -0.05) is 0 Å². The largest absolute Gasteiger partial charge is 0.372 e. The van der Waals surface area contributed by atoms with Gasteiger partial charge in [-0.25, -0.2) is 0 Å². The summed E-state index contributed by atoms with van der Waals surface area (Å²) in [6, 6.07) is 8.98. The molecule has 0 bridgehead atoms. The van der Waals surface area contributed by atoms with E-state index in [1.807, 2.05) is 11.0 Å². The van der Waals surface area contributed by atoms with Crippen LogP contribution in [0.25, 0.3) is 0 Å². The van der Waals surface area contributed by atoms with Crippen molar-refractivity contribution in [2.45, 2.75) is 6.42 Å². The van der Waals surface area contributed by atoms with E-state index in [1.165, 1.54) is 0 Å². The molecule has 1 fully saturated rings. The Morgan fingerprint density at radius 2 is 1.92 bits per heavy atom. The predicted molar refractivity (Wildman–Crippen MR) is 90.8 cm³/mol. The van der Waals surface area contributed by atoms with Gasteiger partial charge in [0.1, 0.15) is 11.9 Å². The van der Waals surface area contributed by atoms with Crippen molar-refractivity contribution in [3.63, 3.8) is 0 Å². The highest BCUT2D eigenvalue weighted by Gasteiger charge is 2.22. The van der Waals surface area contributed by atoms with Crippen molar-refractivity contribution >= 4 is 17.5 Å². The summed E-state index contributed by atoms with van der Waals surface area (Å²) >= 11 is 0. The highest BCUT2D eigenvalue weighted by atomic mass is 16.2. The zero-order chi connectivity index (χ0) is 17.6. The number of anilines is 2. The van der Waals surface area contributed by atoms with E-state index in [0.29, 0.717) is 43.4 Å². The first-order valence-electron chi connectivity index (χ1n) is 7.96. The molecular formula is C16H18N8O. The zero-order valence-electron chi connectivity index (χ0n) is 13.9. The van der Waals surface area contributed by atoms with Gasteiger partial charge in [-0.15, -0.1) is 15.3 Å². The number of carbonyl (C=O) groups is 1. The molecule has 9 heteroatoms. The second-order valence-corrected chi connectivity index (χ2v) is 5.59. The first kappa shape index (κ1) is 16.6. The van der Waals surface area contributed by atoms with Gasteiger partial charge < -0.3 is 15.1 Å². The molecule has 0 atom stereocenters. The highest BCUT2D eigenvalue weighted by Crippen LogP contribution is 2.13. The van der Waals surface area contributed by atoms with Crippen LogP contribution in [0.1, 0.15) is 11.4 Å². The van der Waals surface area contributed by atoms with Crippen LogP contribution in [-0.4, -0.2) is 64.4 Å². The number of carbonyl (C=O) groups excluding carboxylic acids is 1. The maximum atomic E-state index is 12.4. The van der Waals surface area contributed by atoms with Crippen molar-refractivity contribution < 1.29 is 4.79 Å². The maximum absolute atomic E-state index is 12.4. The molecule has 1 saturated heterocycles. The molecule has 3 rings (SSSR count). The Hall–Kier alpha value is -3.28. The molecule has 0 aliphatic carbocycles. The Bertz CT molecular complexity index is 760. The van der Waals surface area contributed by atoms with E-state index in [4.69, 9.17) is 5.26 Å². The zero-order valence-corrected chi connectivity index (χ0v) is 13.9. The molecule has 2 aromatic heterocycles. The monoisotopic (exact) mass is 338 g/mol. The van der Waals surface area contributed by atoms with Crippen molar-refractivity contribution in [3.8, 4) is 6.07 Å². The average Bonchev–Trinajstić information content (AvgIpc) is 2.69. The Labute approximate surface area is 145 Å². The van der Waals surface area contributed by atoms with Crippen molar-refractivity contribution in [2.75, 3.05) is 43.4 Å². The summed E-state index contributed by atoms with van der Waals surface area (Å²) in [6.07, 6.45) is 0.244. The van der Waals surface area contributed by atoms with Crippen LogP contribution in [0.15, 0.2) is 24.3 Å². The summed E-state index contributed by atoms with van der Waals surface area (Å²) in [6.45, 7) is 2.58. The Balaban J connectivity index is 1.53. The number of piperazine rings is 1. The first-order valence-corrected chi connectivity index (χ1v) is 7.96. The topological polar surface area (TPSA) is 111 Å². The molecule has 1 amide bonds. The molecule has 0 spiro atoms. The lowest BCUT2D eigenvalue weighted by Crippen LogP contribution is -2.49. The van der Waals surface area contributed by atoms with Crippen LogP contribution in [0.3, 0.4) is 0 Å². The molecule has 9 nitrogen and oxygen atoms in total. The average molecular weight is 338 g/mol. The Kier molecular flexibility index (Phi) is 4.99. The first-order chi connectivity index (χ1) is 12.2. The van der Waals surface area contributed by atoms with E-state index < -0.39 is 0 Å². The van der Waals surface area contributed by atoms with E-state index >= 15 is 0 Å². The Morgan fingerprint density at radius 3 is 2.48 bits per heavy atom. The van der Waals surface area contributed by atoms with E-state index in [9.17, 15) is 4.79 Å². The quantitative estimate of drug-likeness (QED) is 0.834. The molecular weight excluding hydrogens is 320 g/mol. The molecule has 128 valence electrons. The third kappa shape index (κ3) is 3.98. The molecule has 1 N–H and O–H groups in total. The van der Waals surface area contributed by atoms with Crippen LogP contribution in [0.5, 0.6) is 0 Å². The molecule has 1 aliphatic rings. The van der Waals surface area contributed by atoms with Crippen LogP contribution < -0.4 is 10.2 Å². The van der Waals surface area contributed by atoms with E-state index in [1.54, 1.807) is 31.3 Å². The van der Waals surface area contributed by atoms with Gasteiger partial charge in [0, 0.05) is 33.2 Å². The van der Waals surface area contributed by atoms with Gasteiger partial charge in [-0.05, 0) is 24.3 Å². The molecule has 0 saturated carbocycles. The van der Waals surface area contributed by atoms with Gasteiger partial charge in [0.15, 0.2) is 11.5 Å². The third-order valence-corrected chi connectivity index (χ3v) is 4.03. The maximum Gasteiger partial charge on any atom is 0.228 e. The fourth-order valence-corrected chi connectivity index (χ4v) is 2.59. The summed E-state index contributed by atoms with van der Waals surface area (Å²) in [4.78, 5) is 16.3. The number of hydrogen-bond donors (Lipinski definition) is 1. The van der Waals surface area contributed by atoms with E-state index in [0.717, 1.165) is 5.82 Å². The van der Waals surface area contributed by atoms with Crippen LogP contribution in [0.4, 0.5) is 11.6 Å². The molecule has 25 heavy (non-hydrogen) atoms. The summed E-state index contributed by atoms with van der Waals surface area (Å²) in [5, 5.41) is 27.6. The lowest BCUT2D eigenvalue weighted by Gasteiger charge is -2.35. The minimum Gasteiger partial charge on any atom is -0.372 e. The van der Waals surface area contributed by atoms with Gasteiger partial charge >= 0.3 is 0 Å². The normalized spacial score (nSPS) is 14.1. The van der Waals surface area contributed by atoms with Gasteiger partial charge in [-0.2, -0.15) is 10.4 Å². The fraction of sp³-hybridized carbons (Fsp3) is 0.375. The molecule has 1 aliphatic heterocycles.